The fourth-order valence-electron chi connectivity index (χ4n) is 1.43. The van der Waals surface area contributed by atoms with Gasteiger partial charge >= 0.3 is 5.82 Å². The van der Waals surface area contributed by atoms with Gasteiger partial charge in [0.1, 0.15) is 6.20 Å². The van der Waals surface area contributed by atoms with E-state index < -0.39 is 11.0 Å². The Hall–Kier alpha value is -1.67. The van der Waals surface area contributed by atoms with E-state index in [4.69, 9.17) is 0 Å². The number of fused-ring (bicyclic) bond motifs is 1. The highest BCUT2D eigenvalue weighted by molar-refractivity contribution is 7.15. The van der Waals surface area contributed by atoms with E-state index in [-0.39, 0.29) is 18.2 Å². The Bertz CT molecular complexity index is 535. The molecule has 1 atom stereocenters. The third kappa shape index (κ3) is 2.22. The van der Waals surface area contributed by atoms with Crippen LogP contribution in [0.4, 0.5) is 11.6 Å². The molecular weight excluding hydrogens is 244 g/mol. The fraction of sp³-hybridized carbons (Fsp3) is 0.444. The standard InChI is InChI=1S/C9H12N4O3S/c1-2-6(14)5-10-7-8(13(15)16)12-3-4-17-9(12)11-7/h3-4,6,10,14H,2,5H2,1H3. The van der Waals surface area contributed by atoms with Crippen LogP contribution in [-0.2, 0) is 0 Å². The topological polar surface area (TPSA) is 92.7 Å². The molecule has 2 heterocycles. The molecule has 17 heavy (non-hydrogen) atoms. The molecule has 0 aliphatic rings. The smallest absolute Gasteiger partial charge is 0.372 e. The fourth-order valence-corrected chi connectivity index (χ4v) is 2.13. The Morgan fingerprint density at radius 2 is 2.53 bits per heavy atom. The van der Waals surface area contributed by atoms with Crippen LogP contribution in [-0.4, -0.2) is 32.1 Å². The molecule has 0 spiro atoms. The molecule has 2 aromatic rings. The van der Waals surface area contributed by atoms with Crippen molar-refractivity contribution in [3.8, 4) is 0 Å². The number of aromatic nitrogens is 2. The summed E-state index contributed by atoms with van der Waals surface area (Å²) in [6.07, 6.45) is 1.66. The molecule has 8 heteroatoms. The number of nitrogens with zero attached hydrogens (tertiary/aromatic N) is 3. The first-order valence-electron chi connectivity index (χ1n) is 5.15. The predicted octanol–water partition coefficient (Wildman–Crippen LogP) is 1.49. The number of aliphatic hydroxyl groups excluding tert-OH is 1. The first-order chi connectivity index (χ1) is 8.13. The van der Waals surface area contributed by atoms with Crippen molar-refractivity contribution >= 4 is 27.9 Å². The summed E-state index contributed by atoms with van der Waals surface area (Å²) < 4.78 is 1.42. The second-order valence-electron chi connectivity index (χ2n) is 3.54. The van der Waals surface area contributed by atoms with Crippen LogP contribution in [0.5, 0.6) is 0 Å². The van der Waals surface area contributed by atoms with Crippen molar-refractivity contribution in [1.29, 1.82) is 0 Å². The van der Waals surface area contributed by atoms with Crippen molar-refractivity contribution in [1.82, 2.24) is 9.38 Å². The van der Waals surface area contributed by atoms with E-state index >= 15 is 0 Å². The van der Waals surface area contributed by atoms with Gasteiger partial charge in [-0.2, -0.15) is 9.38 Å². The van der Waals surface area contributed by atoms with Crippen molar-refractivity contribution in [2.75, 3.05) is 11.9 Å². The lowest BCUT2D eigenvalue weighted by Gasteiger charge is -2.07. The van der Waals surface area contributed by atoms with Crippen LogP contribution in [0.15, 0.2) is 11.6 Å². The SMILES string of the molecule is CCC(O)CNc1nc2sccn2c1[N+](=O)[O-]. The minimum absolute atomic E-state index is 0.0930. The minimum Gasteiger partial charge on any atom is -0.391 e. The lowest BCUT2D eigenvalue weighted by atomic mass is 10.3. The van der Waals surface area contributed by atoms with Gasteiger partial charge in [-0.1, -0.05) is 18.3 Å². The summed E-state index contributed by atoms with van der Waals surface area (Å²) in [5.74, 6) is 0.110. The molecule has 0 aliphatic heterocycles. The summed E-state index contributed by atoms with van der Waals surface area (Å²) in [4.78, 5) is 15.2. The van der Waals surface area contributed by atoms with Crippen LogP contribution in [0.25, 0.3) is 4.96 Å². The number of hydrogen-bond acceptors (Lipinski definition) is 6. The summed E-state index contributed by atoms with van der Waals surface area (Å²) >= 11 is 1.32. The van der Waals surface area contributed by atoms with E-state index in [9.17, 15) is 15.2 Å². The Labute approximate surface area is 101 Å². The average Bonchev–Trinajstić information content (AvgIpc) is 2.84. The molecule has 0 amide bonds. The molecule has 1 unspecified atom stereocenters. The quantitative estimate of drug-likeness (QED) is 0.624. The first kappa shape index (κ1) is 11.8. The first-order valence-corrected chi connectivity index (χ1v) is 6.03. The van der Waals surface area contributed by atoms with Gasteiger partial charge in [-0.05, 0) is 11.3 Å². The number of aliphatic hydroxyl groups is 1. The van der Waals surface area contributed by atoms with Gasteiger partial charge in [0.05, 0.1) is 6.10 Å². The molecule has 2 N–H and O–H groups in total. The summed E-state index contributed by atoms with van der Waals surface area (Å²) in [5, 5.41) is 24.9. The molecule has 0 radical (unpaired) electrons. The Morgan fingerprint density at radius 1 is 1.76 bits per heavy atom. The number of nitro groups is 1. The van der Waals surface area contributed by atoms with E-state index in [1.807, 2.05) is 6.92 Å². The van der Waals surface area contributed by atoms with E-state index in [0.717, 1.165) is 0 Å². The van der Waals surface area contributed by atoms with Gasteiger partial charge in [0.2, 0.25) is 5.82 Å². The number of thiazole rings is 1. The number of imidazole rings is 1. The molecule has 0 fully saturated rings. The van der Waals surface area contributed by atoms with Gasteiger partial charge in [-0.25, -0.2) is 0 Å². The van der Waals surface area contributed by atoms with Crippen LogP contribution in [0.3, 0.4) is 0 Å². The zero-order valence-corrected chi connectivity index (χ0v) is 9.98. The molecular formula is C9H12N4O3S. The van der Waals surface area contributed by atoms with Crippen molar-refractivity contribution < 1.29 is 10.0 Å². The molecule has 0 bridgehead atoms. The third-order valence-electron chi connectivity index (χ3n) is 2.39. The monoisotopic (exact) mass is 256 g/mol. The van der Waals surface area contributed by atoms with E-state index in [1.165, 1.54) is 15.7 Å². The zero-order valence-electron chi connectivity index (χ0n) is 9.16. The highest BCUT2D eigenvalue weighted by atomic mass is 32.1. The van der Waals surface area contributed by atoms with E-state index in [0.29, 0.717) is 11.4 Å². The normalized spacial score (nSPS) is 12.8. The van der Waals surface area contributed by atoms with Gasteiger partial charge in [-0.3, -0.25) is 0 Å². The molecule has 0 saturated carbocycles. The van der Waals surface area contributed by atoms with Crippen molar-refractivity contribution in [3.05, 3.63) is 21.7 Å². The average molecular weight is 256 g/mol. The molecule has 2 rings (SSSR count). The summed E-state index contributed by atoms with van der Waals surface area (Å²) in [6, 6.07) is 0. The predicted molar refractivity (Wildman–Crippen MR) is 64.5 cm³/mol. The molecule has 0 saturated heterocycles. The van der Waals surface area contributed by atoms with Crippen LogP contribution in [0.2, 0.25) is 0 Å². The van der Waals surface area contributed by atoms with Crippen molar-refractivity contribution in [2.24, 2.45) is 0 Å². The zero-order chi connectivity index (χ0) is 12.4. The summed E-state index contributed by atoms with van der Waals surface area (Å²) in [5.41, 5.74) is 0. The van der Waals surface area contributed by atoms with Gasteiger partial charge in [0.15, 0.2) is 0 Å². The maximum Gasteiger partial charge on any atom is 0.372 e. The van der Waals surface area contributed by atoms with E-state index in [2.05, 4.69) is 10.3 Å². The number of hydrogen-bond donors (Lipinski definition) is 2. The molecule has 7 nitrogen and oxygen atoms in total. The number of rotatable bonds is 5. The number of anilines is 1. The van der Waals surface area contributed by atoms with Crippen LogP contribution in [0, 0.1) is 10.1 Å². The van der Waals surface area contributed by atoms with Gasteiger partial charge in [-0.15, -0.1) is 0 Å². The summed E-state index contributed by atoms with van der Waals surface area (Å²) in [6.45, 7) is 2.09. The molecule has 92 valence electrons. The van der Waals surface area contributed by atoms with Crippen molar-refractivity contribution in [2.45, 2.75) is 19.4 Å². The van der Waals surface area contributed by atoms with Gasteiger partial charge in [0.25, 0.3) is 4.96 Å². The Kier molecular flexibility index (Phi) is 3.25. The Morgan fingerprint density at radius 3 is 3.18 bits per heavy atom. The van der Waals surface area contributed by atoms with Crippen LogP contribution >= 0.6 is 11.3 Å². The van der Waals surface area contributed by atoms with Crippen molar-refractivity contribution in [3.63, 3.8) is 0 Å². The third-order valence-corrected chi connectivity index (χ3v) is 3.14. The second kappa shape index (κ2) is 4.68. The Balaban J connectivity index is 2.29. The molecule has 0 aliphatic carbocycles. The van der Waals surface area contributed by atoms with Gasteiger partial charge in [0, 0.05) is 11.9 Å². The van der Waals surface area contributed by atoms with Gasteiger partial charge < -0.3 is 20.5 Å². The van der Waals surface area contributed by atoms with Crippen LogP contribution < -0.4 is 5.32 Å². The lowest BCUT2D eigenvalue weighted by Crippen LogP contribution is -2.18. The summed E-state index contributed by atoms with van der Waals surface area (Å²) in [7, 11) is 0. The highest BCUT2D eigenvalue weighted by Gasteiger charge is 2.23. The lowest BCUT2D eigenvalue weighted by molar-refractivity contribution is -0.389. The van der Waals surface area contributed by atoms with E-state index in [1.54, 1.807) is 11.6 Å². The molecule has 2 aromatic heterocycles. The largest absolute Gasteiger partial charge is 0.391 e. The van der Waals surface area contributed by atoms with Crippen LogP contribution in [0.1, 0.15) is 13.3 Å². The maximum atomic E-state index is 11.0. The highest BCUT2D eigenvalue weighted by Crippen LogP contribution is 2.27. The second-order valence-corrected chi connectivity index (χ2v) is 4.41. The minimum atomic E-state index is -0.533. The number of nitrogens with one attached hydrogen (secondary N) is 1. The maximum absolute atomic E-state index is 11.0. The molecule has 0 aromatic carbocycles.